The number of amides is 2. The van der Waals surface area contributed by atoms with E-state index in [1.54, 1.807) is 32.9 Å². The lowest BCUT2D eigenvalue weighted by atomic mass is 10.2. The number of phenolic OH excluding ortho intramolecular Hbond substituents is 2. The molecule has 0 aliphatic rings. The third kappa shape index (κ3) is 6.34. The topological polar surface area (TPSA) is 108 Å². The lowest BCUT2D eigenvalue weighted by Crippen LogP contribution is -2.35. The summed E-state index contributed by atoms with van der Waals surface area (Å²) in [6.45, 7) is 5.49. The summed E-state index contributed by atoms with van der Waals surface area (Å²) in [7, 11) is 0. The molecule has 122 valence electrons. The maximum Gasteiger partial charge on any atom is 0.407 e. The van der Waals surface area contributed by atoms with E-state index >= 15 is 0 Å². The maximum absolute atomic E-state index is 11.6. The van der Waals surface area contributed by atoms with Gasteiger partial charge in [-0.2, -0.15) is 0 Å². The Morgan fingerprint density at radius 1 is 1.18 bits per heavy atom. The fourth-order valence-electron chi connectivity index (χ4n) is 1.59. The van der Waals surface area contributed by atoms with E-state index in [0.29, 0.717) is 5.56 Å². The SMILES string of the molecule is CC(C)(C)OC(=O)NCCC(=O)NCc1cccc(O)c1O. The van der Waals surface area contributed by atoms with Crippen LogP contribution in [-0.2, 0) is 16.1 Å². The Hall–Kier alpha value is -2.44. The van der Waals surface area contributed by atoms with Crippen LogP contribution in [0.25, 0.3) is 0 Å². The van der Waals surface area contributed by atoms with Crippen LogP contribution in [0.5, 0.6) is 11.5 Å². The zero-order valence-electron chi connectivity index (χ0n) is 13.0. The first kappa shape index (κ1) is 17.6. The fourth-order valence-corrected chi connectivity index (χ4v) is 1.59. The number of aromatic hydroxyl groups is 2. The van der Waals surface area contributed by atoms with Crippen LogP contribution in [0, 0.1) is 0 Å². The van der Waals surface area contributed by atoms with Crippen LogP contribution in [0.4, 0.5) is 4.79 Å². The standard InChI is InChI=1S/C15H22N2O5/c1-15(2,3)22-14(21)16-8-7-12(19)17-9-10-5-4-6-11(18)13(10)20/h4-6,18,20H,7-9H2,1-3H3,(H,16,21)(H,17,19). The smallest absolute Gasteiger partial charge is 0.407 e. The first-order valence-corrected chi connectivity index (χ1v) is 6.92. The number of hydrogen-bond acceptors (Lipinski definition) is 5. The minimum absolute atomic E-state index is 0.0822. The van der Waals surface area contributed by atoms with Gasteiger partial charge in [-0.3, -0.25) is 4.79 Å². The molecule has 0 saturated heterocycles. The van der Waals surface area contributed by atoms with Crippen molar-refractivity contribution in [3.8, 4) is 11.5 Å². The van der Waals surface area contributed by atoms with Gasteiger partial charge in [0.05, 0.1) is 0 Å². The summed E-state index contributed by atoms with van der Waals surface area (Å²) in [4.78, 5) is 23.0. The number of nitrogens with one attached hydrogen (secondary N) is 2. The highest BCUT2D eigenvalue weighted by Gasteiger charge is 2.16. The van der Waals surface area contributed by atoms with Crippen LogP contribution in [0.1, 0.15) is 32.8 Å². The van der Waals surface area contributed by atoms with E-state index in [1.807, 2.05) is 0 Å². The second-order valence-electron chi connectivity index (χ2n) is 5.74. The zero-order valence-corrected chi connectivity index (χ0v) is 13.0. The van der Waals surface area contributed by atoms with Crippen LogP contribution in [0.3, 0.4) is 0 Å². The normalized spacial score (nSPS) is 10.9. The molecule has 0 spiro atoms. The van der Waals surface area contributed by atoms with Gasteiger partial charge in [-0.1, -0.05) is 12.1 Å². The summed E-state index contributed by atoms with van der Waals surface area (Å²) in [5.41, 5.74) is -0.174. The summed E-state index contributed by atoms with van der Waals surface area (Å²) in [6, 6.07) is 4.51. The highest BCUT2D eigenvalue weighted by molar-refractivity contribution is 5.77. The number of alkyl carbamates (subject to hydrolysis) is 1. The molecule has 7 nitrogen and oxygen atoms in total. The molecule has 7 heteroatoms. The molecule has 0 radical (unpaired) electrons. The molecule has 0 bridgehead atoms. The first-order chi connectivity index (χ1) is 10.2. The van der Waals surface area contributed by atoms with Gasteiger partial charge in [-0.25, -0.2) is 4.79 Å². The van der Waals surface area contributed by atoms with Crippen molar-refractivity contribution in [1.29, 1.82) is 0 Å². The van der Waals surface area contributed by atoms with E-state index in [1.165, 1.54) is 6.07 Å². The van der Waals surface area contributed by atoms with Crippen molar-refractivity contribution in [2.45, 2.75) is 39.3 Å². The molecule has 1 aromatic rings. The van der Waals surface area contributed by atoms with Gasteiger partial charge < -0.3 is 25.6 Å². The molecule has 0 atom stereocenters. The summed E-state index contributed by atoms with van der Waals surface area (Å²) in [6.07, 6.45) is -0.496. The van der Waals surface area contributed by atoms with Gasteiger partial charge in [0, 0.05) is 25.1 Å². The minimum Gasteiger partial charge on any atom is -0.504 e. The van der Waals surface area contributed by atoms with E-state index < -0.39 is 11.7 Å². The van der Waals surface area contributed by atoms with E-state index in [4.69, 9.17) is 4.74 Å². The number of phenols is 2. The molecule has 4 N–H and O–H groups in total. The Morgan fingerprint density at radius 2 is 1.86 bits per heavy atom. The van der Waals surface area contributed by atoms with Crippen LogP contribution >= 0.6 is 0 Å². The first-order valence-electron chi connectivity index (χ1n) is 6.92. The summed E-state index contributed by atoms with van der Waals surface area (Å²) >= 11 is 0. The number of para-hydroxylation sites is 1. The molecular formula is C15H22N2O5. The number of ether oxygens (including phenoxy) is 1. The molecule has 0 aliphatic heterocycles. The van der Waals surface area contributed by atoms with Crippen LogP contribution in [0.2, 0.25) is 0 Å². The zero-order chi connectivity index (χ0) is 16.8. The average molecular weight is 310 g/mol. The predicted octanol–water partition coefficient (Wildman–Crippen LogP) is 1.63. The molecule has 0 heterocycles. The summed E-state index contributed by atoms with van der Waals surface area (Å²) in [5, 5.41) is 24.0. The molecule has 0 saturated carbocycles. The number of rotatable bonds is 5. The number of carbonyl (C=O) groups is 2. The molecule has 2 amide bonds. The van der Waals surface area contributed by atoms with Gasteiger partial charge in [-0.05, 0) is 26.8 Å². The third-order valence-electron chi connectivity index (χ3n) is 2.59. The van der Waals surface area contributed by atoms with Gasteiger partial charge in [0.1, 0.15) is 5.60 Å². The highest BCUT2D eigenvalue weighted by Crippen LogP contribution is 2.27. The quantitative estimate of drug-likeness (QED) is 0.618. The second kappa shape index (κ2) is 7.53. The highest BCUT2D eigenvalue weighted by atomic mass is 16.6. The van der Waals surface area contributed by atoms with Gasteiger partial charge in [0.15, 0.2) is 11.5 Å². The Morgan fingerprint density at radius 3 is 2.50 bits per heavy atom. The largest absolute Gasteiger partial charge is 0.504 e. The van der Waals surface area contributed by atoms with E-state index in [-0.39, 0.29) is 36.9 Å². The Labute approximate surface area is 129 Å². The maximum atomic E-state index is 11.6. The summed E-state index contributed by atoms with van der Waals surface area (Å²) in [5.74, 6) is -0.785. The predicted molar refractivity (Wildman–Crippen MR) is 80.5 cm³/mol. The lowest BCUT2D eigenvalue weighted by Gasteiger charge is -2.19. The molecule has 22 heavy (non-hydrogen) atoms. The molecule has 0 aromatic heterocycles. The summed E-state index contributed by atoms with van der Waals surface area (Å²) < 4.78 is 5.04. The van der Waals surface area contributed by atoms with E-state index in [2.05, 4.69) is 10.6 Å². The molecular weight excluding hydrogens is 288 g/mol. The van der Waals surface area contributed by atoms with E-state index in [0.717, 1.165) is 0 Å². The van der Waals surface area contributed by atoms with Crippen molar-refractivity contribution in [3.05, 3.63) is 23.8 Å². The third-order valence-corrected chi connectivity index (χ3v) is 2.59. The number of benzene rings is 1. The number of hydrogen-bond donors (Lipinski definition) is 4. The van der Waals surface area contributed by atoms with E-state index in [9.17, 15) is 19.8 Å². The van der Waals surface area contributed by atoms with Crippen molar-refractivity contribution in [3.63, 3.8) is 0 Å². The average Bonchev–Trinajstić information content (AvgIpc) is 2.38. The van der Waals surface area contributed by atoms with Crippen molar-refractivity contribution >= 4 is 12.0 Å². The van der Waals surface area contributed by atoms with Gasteiger partial charge in [-0.15, -0.1) is 0 Å². The number of carbonyl (C=O) groups excluding carboxylic acids is 2. The van der Waals surface area contributed by atoms with Gasteiger partial charge in [0.25, 0.3) is 0 Å². The van der Waals surface area contributed by atoms with Crippen molar-refractivity contribution in [1.82, 2.24) is 10.6 Å². The van der Waals surface area contributed by atoms with Crippen molar-refractivity contribution < 1.29 is 24.5 Å². The lowest BCUT2D eigenvalue weighted by molar-refractivity contribution is -0.121. The van der Waals surface area contributed by atoms with Crippen molar-refractivity contribution in [2.24, 2.45) is 0 Å². The minimum atomic E-state index is -0.584. The Kier molecular flexibility index (Phi) is 6.03. The Balaban J connectivity index is 2.30. The van der Waals surface area contributed by atoms with Crippen LogP contribution < -0.4 is 10.6 Å². The van der Waals surface area contributed by atoms with Crippen LogP contribution in [0.15, 0.2) is 18.2 Å². The van der Waals surface area contributed by atoms with Crippen molar-refractivity contribution in [2.75, 3.05) is 6.54 Å². The van der Waals surface area contributed by atoms with Gasteiger partial charge in [0.2, 0.25) is 5.91 Å². The Bertz CT molecular complexity index is 537. The fraction of sp³-hybridized carbons (Fsp3) is 0.467. The molecule has 0 fully saturated rings. The molecule has 1 aromatic carbocycles. The van der Waals surface area contributed by atoms with Crippen LogP contribution in [-0.4, -0.2) is 34.4 Å². The molecule has 1 rings (SSSR count). The molecule has 0 aliphatic carbocycles. The second-order valence-corrected chi connectivity index (χ2v) is 5.74. The monoisotopic (exact) mass is 310 g/mol. The molecule has 0 unspecified atom stereocenters. The van der Waals surface area contributed by atoms with Gasteiger partial charge >= 0.3 is 6.09 Å².